The first-order chi connectivity index (χ1) is 12.3. The van der Waals surface area contributed by atoms with Gasteiger partial charge in [0.25, 0.3) is 0 Å². The van der Waals surface area contributed by atoms with Gasteiger partial charge in [0.1, 0.15) is 36.1 Å². The van der Waals surface area contributed by atoms with E-state index >= 15 is 0 Å². The Balaban J connectivity index is 1.39. The van der Waals surface area contributed by atoms with Crippen LogP contribution in [0.25, 0.3) is 0 Å². The Morgan fingerprint density at radius 1 is 1.19 bits per heavy atom. The lowest BCUT2D eigenvalue weighted by molar-refractivity contribution is -0.136. The normalized spacial score (nSPS) is 63.1. The summed E-state index contributed by atoms with van der Waals surface area (Å²) in [6.07, 6.45) is 1.71. The minimum Gasteiger partial charge on any atom is -0.458 e. The maximum atomic E-state index is 12.1. The number of carbonyl (C=O) groups is 1. The lowest BCUT2D eigenvalue weighted by Gasteiger charge is -2.53. The summed E-state index contributed by atoms with van der Waals surface area (Å²) in [7, 11) is 0. The van der Waals surface area contributed by atoms with E-state index in [2.05, 4.69) is 20.8 Å². The standard InChI is InChI=1S/C20H24O6/c1-8(2)18-13(25-18)14-20(26-14)17(3)5-4-9-10(7-23-15(9)21)11(17)6-12-19(20,24-12)16(18)22/h8,11-14,16,22H,4-7H2,1-3H3/t11-,12?,13-,14-,16?,17-,18-,19+,20+/m0/s1. The average Bonchev–Trinajstić information content (AvgIpc) is 3.47. The van der Waals surface area contributed by atoms with E-state index in [-0.39, 0.29) is 41.5 Å². The van der Waals surface area contributed by atoms with Gasteiger partial charge < -0.3 is 24.1 Å². The minimum absolute atomic E-state index is 0.00808. The van der Waals surface area contributed by atoms with Crippen molar-refractivity contribution < 1.29 is 28.8 Å². The van der Waals surface area contributed by atoms with E-state index in [9.17, 15) is 9.90 Å². The van der Waals surface area contributed by atoms with Gasteiger partial charge in [0.15, 0.2) is 5.60 Å². The zero-order valence-electron chi connectivity index (χ0n) is 15.3. The molecule has 7 aliphatic rings. The molecule has 6 heteroatoms. The topological polar surface area (TPSA) is 84.1 Å². The Morgan fingerprint density at radius 3 is 2.77 bits per heavy atom. The molecular formula is C20H24O6. The van der Waals surface area contributed by atoms with Crippen molar-refractivity contribution >= 4 is 5.97 Å². The van der Waals surface area contributed by atoms with Gasteiger partial charge in [0.05, 0.1) is 6.10 Å². The predicted octanol–water partition coefficient (Wildman–Crippen LogP) is 1.10. The first-order valence-corrected chi connectivity index (χ1v) is 9.95. The number of fused-ring (bicyclic) bond motifs is 4. The summed E-state index contributed by atoms with van der Waals surface area (Å²) >= 11 is 0. The number of carbonyl (C=O) groups excluding carboxylic acids is 1. The summed E-state index contributed by atoms with van der Waals surface area (Å²) in [5.41, 5.74) is 0.230. The Bertz CT molecular complexity index is 819. The molecule has 0 aromatic heterocycles. The molecule has 4 heterocycles. The molecule has 0 aromatic rings. The van der Waals surface area contributed by atoms with Crippen molar-refractivity contribution in [1.29, 1.82) is 0 Å². The van der Waals surface area contributed by atoms with E-state index in [1.807, 2.05) is 0 Å². The monoisotopic (exact) mass is 360 g/mol. The van der Waals surface area contributed by atoms with Crippen LogP contribution < -0.4 is 0 Å². The van der Waals surface area contributed by atoms with Crippen LogP contribution in [0.5, 0.6) is 0 Å². The number of esters is 1. The fourth-order valence-corrected chi connectivity index (χ4v) is 7.70. The van der Waals surface area contributed by atoms with Crippen LogP contribution in [-0.2, 0) is 23.7 Å². The summed E-state index contributed by atoms with van der Waals surface area (Å²) in [6, 6.07) is 0. The molecular weight excluding hydrogens is 336 g/mol. The number of aliphatic hydroxyl groups excluding tert-OH is 1. The Morgan fingerprint density at radius 2 is 2.00 bits per heavy atom. The Labute approximate surface area is 151 Å². The molecule has 2 spiro atoms. The van der Waals surface area contributed by atoms with E-state index in [4.69, 9.17) is 18.9 Å². The molecule has 5 fully saturated rings. The molecule has 0 amide bonds. The average molecular weight is 360 g/mol. The van der Waals surface area contributed by atoms with E-state index < -0.39 is 22.9 Å². The smallest absolute Gasteiger partial charge is 0.334 e. The van der Waals surface area contributed by atoms with Crippen molar-refractivity contribution in [2.75, 3.05) is 6.61 Å². The van der Waals surface area contributed by atoms with Gasteiger partial charge in [-0.25, -0.2) is 4.79 Å². The van der Waals surface area contributed by atoms with Crippen LogP contribution in [0.4, 0.5) is 0 Å². The molecule has 9 atom stereocenters. The van der Waals surface area contributed by atoms with Crippen LogP contribution >= 0.6 is 0 Å². The van der Waals surface area contributed by atoms with Gasteiger partial charge in [0, 0.05) is 11.0 Å². The van der Waals surface area contributed by atoms with Crippen molar-refractivity contribution in [3.05, 3.63) is 11.1 Å². The third kappa shape index (κ3) is 1.14. The summed E-state index contributed by atoms with van der Waals surface area (Å²) in [6.45, 7) is 6.91. The third-order valence-electron chi connectivity index (χ3n) is 9.10. The van der Waals surface area contributed by atoms with Gasteiger partial charge in [-0.3, -0.25) is 0 Å². The Kier molecular flexibility index (Phi) is 2.19. The van der Waals surface area contributed by atoms with Gasteiger partial charge in [0.2, 0.25) is 0 Å². The molecule has 6 nitrogen and oxygen atoms in total. The molecule has 2 saturated carbocycles. The number of rotatable bonds is 1. The molecule has 3 saturated heterocycles. The third-order valence-corrected chi connectivity index (χ3v) is 9.10. The van der Waals surface area contributed by atoms with E-state index in [1.54, 1.807) is 0 Å². The number of ether oxygens (including phenoxy) is 4. The maximum absolute atomic E-state index is 12.1. The number of hydrogen-bond donors (Lipinski definition) is 1. The van der Waals surface area contributed by atoms with Crippen LogP contribution in [0.3, 0.4) is 0 Å². The number of hydrogen-bond acceptors (Lipinski definition) is 6. The molecule has 140 valence electrons. The van der Waals surface area contributed by atoms with E-state index in [1.165, 1.54) is 0 Å². The summed E-state index contributed by atoms with van der Waals surface area (Å²) in [4.78, 5) is 12.1. The second-order valence-electron chi connectivity index (χ2n) is 9.91. The van der Waals surface area contributed by atoms with Crippen molar-refractivity contribution in [3.63, 3.8) is 0 Å². The van der Waals surface area contributed by atoms with Crippen LogP contribution in [0.15, 0.2) is 11.1 Å². The highest BCUT2D eigenvalue weighted by atomic mass is 16.7. The van der Waals surface area contributed by atoms with Gasteiger partial charge in [-0.15, -0.1) is 0 Å². The SMILES string of the molecule is CC(C)[C@]12O[C@H]1[C@@H]1O[C@]13[C@]1(OC1C[C@H]1C4=C(CC[C@@]13C)C(=O)OC4)C2O. The van der Waals surface area contributed by atoms with Crippen LogP contribution in [0, 0.1) is 17.3 Å². The van der Waals surface area contributed by atoms with Gasteiger partial charge in [-0.05, 0) is 36.7 Å². The molecule has 0 radical (unpaired) electrons. The van der Waals surface area contributed by atoms with Gasteiger partial charge >= 0.3 is 5.97 Å². The van der Waals surface area contributed by atoms with Crippen molar-refractivity contribution in [1.82, 2.24) is 0 Å². The maximum Gasteiger partial charge on any atom is 0.334 e. The minimum atomic E-state index is -0.654. The summed E-state index contributed by atoms with van der Waals surface area (Å²) in [5, 5.41) is 11.4. The van der Waals surface area contributed by atoms with Crippen LogP contribution in [-0.4, -0.2) is 58.9 Å². The lowest BCUT2D eigenvalue weighted by Crippen LogP contribution is -2.69. The highest BCUT2D eigenvalue weighted by molar-refractivity contribution is 5.92. The second-order valence-corrected chi connectivity index (χ2v) is 9.91. The quantitative estimate of drug-likeness (QED) is 0.557. The molecule has 0 bridgehead atoms. The molecule has 0 aromatic carbocycles. The van der Waals surface area contributed by atoms with Crippen LogP contribution in [0.2, 0.25) is 0 Å². The molecule has 4 aliphatic heterocycles. The van der Waals surface area contributed by atoms with Crippen molar-refractivity contribution in [2.45, 2.75) is 81.3 Å². The first kappa shape index (κ1) is 15.0. The first-order valence-electron chi connectivity index (χ1n) is 9.95. The van der Waals surface area contributed by atoms with Crippen LogP contribution in [0.1, 0.15) is 40.0 Å². The molecule has 7 rings (SSSR count). The Hall–Kier alpha value is -0.950. The molecule has 2 unspecified atom stereocenters. The summed E-state index contributed by atoms with van der Waals surface area (Å²) in [5.74, 6) is 0.297. The molecule has 26 heavy (non-hydrogen) atoms. The second kappa shape index (κ2) is 3.79. The van der Waals surface area contributed by atoms with Gasteiger partial charge in [-0.2, -0.15) is 0 Å². The van der Waals surface area contributed by atoms with E-state index in [0.717, 1.165) is 30.4 Å². The van der Waals surface area contributed by atoms with E-state index in [0.29, 0.717) is 6.61 Å². The molecule has 3 aliphatic carbocycles. The lowest BCUT2D eigenvalue weighted by atomic mass is 9.46. The number of epoxide rings is 3. The number of aliphatic hydroxyl groups is 1. The number of cyclic esters (lactones) is 1. The zero-order valence-corrected chi connectivity index (χ0v) is 15.3. The zero-order chi connectivity index (χ0) is 17.9. The van der Waals surface area contributed by atoms with Gasteiger partial charge in [-0.1, -0.05) is 20.8 Å². The van der Waals surface area contributed by atoms with Crippen molar-refractivity contribution in [2.24, 2.45) is 17.3 Å². The highest BCUT2D eigenvalue weighted by Crippen LogP contribution is 2.82. The highest BCUT2D eigenvalue weighted by Gasteiger charge is 3.00. The molecule has 1 N–H and O–H groups in total. The predicted molar refractivity (Wildman–Crippen MR) is 87.1 cm³/mol. The fraction of sp³-hybridized carbons (Fsp3) is 0.850. The largest absolute Gasteiger partial charge is 0.458 e. The summed E-state index contributed by atoms with van der Waals surface area (Å²) < 4.78 is 24.3. The van der Waals surface area contributed by atoms with Crippen molar-refractivity contribution in [3.8, 4) is 0 Å². The fourth-order valence-electron chi connectivity index (χ4n) is 7.70.